The van der Waals surface area contributed by atoms with Crippen LogP contribution >= 0.6 is 0 Å². The Hall–Kier alpha value is -3.69. The highest BCUT2D eigenvalue weighted by molar-refractivity contribution is 5.83. The lowest BCUT2D eigenvalue weighted by molar-refractivity contribution is 0.0475. The van der Waals surface area contributed by atoms with E-state index in [2.05, 4.69) is 146 Å². The van der Waals surface area contributed by atoms with Crippen LogP contribution in [0.2, 0.25) is 0 Å². The molecule has 3 heteroatoms. The van der Waals surface area contributed by atoms with E-state index in [0.717, 1.165) is 18.6 Å². The number of fused-ring (bicyclic) bond motifs is 1. The van der Waals surface area contributed by atoms with Crippen molar-refractivity contribution in [1.29, 1.82) is 0 Å². The van der Waals surface area contributed by atoms with Crippen LogP contribution < -0.4 is 0 Å². The van der Waals surface area contributed by atoms with Gasteiger partial charge in [0.25, 0.3) is 0 Å². The summed E-state index contributed by atoms with van der Waals surface area (Å²) in [5, 5.41) is 6.54. The predicted octanol–water partition coefficient (Wildman–Crippen LogP) is 7.07. The maximum Gasteiger partial charge on any atom is 0.138 e. The van der Waals surface area contributed by atoms with Crippen molar-refractivity contribution >= 4 is 10.9 Å². The molecule has 1 fully saturated rings. The van der Waals surface area contributed by atoms with Crippen molar-refractivity contribution in [2.45, 2.75) is 37.8 Å². The average Bonchev–Trinajstić information content (AvgIpc) is 3.30. The van der Waals surface area contributed by atoms with Gasteiger partial charge in [-0.3, -0.25) is 9.58 Å². The summed E-state index contributed by atoms with van der Waals surface area (Å²) in [6.07, 6.45) is 2.29. The summed E-state index contributed by atoms with van der Waals surface area (Å²) in [7, 11) is 0. The molecule has 0 unspecified atom stereocenters. The summed E-state index contributed by atoms with van der Waals surface area (Å²) in [6, 6.07) is 39.0. The molecular weight excluding hydrogens is 438 g/mol. The monoisotopic (exact) mass is 471 g/mol. The largest absolute Gasteiger partial charge is 0.297 e. The summed E-state index contributed by atoms with van der Waals surface area (Å²) in [5.74, 6) is 0.533. The van der Waals surface area contributed by atoms with Gasteiger partial charge < -0.3 is 0 Å². The Morgan fingerprint density at radius 1 is 0.639 bits per heavy atom. The fraction of sp³-hybridized carbons (Fsp3) is 0.242. The second-order valence-corrected chi connectivity index (χ2v) is 10.9. The number of hydrogen-bond acceptors (Lipinski definition) is 2. The Kier molecular flexibility index (Phi) is 5.54. The molecule has 0 aliphatic carbocycles. The number of aromatic nitrogens is 2. The third kappa shape index (κ3) is 3.66. The van der Waals surface area contributed by atoms with Gasteiger partial charge in [0.05, 0.1) is 5.52 Å². The van der Waals surface area contributed by atoms with E-state index < -0.39 is 5.54 Å². The molecule has 0 radical (unpaired) electrons. The molecule has 36 heavy (non-hydrogen) atoms. The normalized spacial score (nSPS) is 15.2. The van der Waals surface area contributed by atoms with Gasteiger partial charge in [-0.15, -0.1) is 0 Å². The minimum Gasteiger partial charge on any atom is -0.297 e. The van der Waals surface area contributed by atoms with Gasteiger partial charge in [-0.05, 0) is 49.1 Å². The molecular formula is C33H33N3. The molecule has 0 N–H and O–H groups in total. The zero-order valence-electron chi connectivity index (χ0n) is 21.3. The van der Waals surface area contributed by atoms with Crippen LogP contribution in [0.4, 0.5) is 0 Å². The summed E-state index contributed by atoms with van der Waals surface area (Å²) < 4.78 is 2.21. The van der Waals surface area contributed by atoms with Crippen molar-refractivity contribution in [3.05, 3.63) is 138 Å². The first kappa shape index (κ1) is 22.8. The lowest BCUT2D eigenvalue weighted by Gasteiger charge is -2.48. The molecule has 0 spiro atoms. The van der Waals surface area contributed by atoms with E-state index in [0.29, 0.717) is 5.92 Å². The fourth-order valence-corrected chi connectivity index (χ4v) is 5.75. The van der Waals surface area contributed by atoms with Crippen molar-refractivity contribution in [3.8, 4) is 0 Å². The molecule has 0 atom stereocenters. The Balaban J connectivity index is 1.58. The zero-order valence-corrected chi connectivity index (χ0v) is 21.3. The topological polar surface area (TPSA) is 21.1 Å². The second-order valence-electron chi connectivity index (χ2n) is 10.9. The van der Waals surface area contributed by atoms with Crippen LogP contribution in [0.3, 0.4) is 0 Å². The van der Waals surface area contributed by atoms with Crippen LogP contribution in [0.25, 0.3) is 10.9 Å². The van der Waals surface area contributed by atoms with Crippen LogP contribution in [-0.2, 0) is 5.54 Å². The van der Waals surface area contributed by atoms with Crippen molar-refractivity contribution in [3.63, 3.8) is 0 Å². The SMILES string of the molecule is CC(C)(C)N1CC(c2cccc3nn(C(c4ccccc4)(c4ccccc4)c4ccccc4)cc23)C1. The van der Waals surface area contributed by atoms with Gasteiger partial charge in [0.1, 0.15) is 5.54 Å². The number of nitrogens with zero attached hydrogens (tertiary/aromatic N) is 3. The Bertz CT molecular complexity index is 1360. The minimum absolute atomic E-state index is 0.206. The molecule has 2 heterocycles. The average molecular weight is 472 g/mol. The molecule has 0 bridgehead atoms. The van der Waals surface area contributed by atoms with Gasteiger partial charge in [-0.1, -0.05) is 103 Å². The molecule has 3 nitrogen and oxygen atoms in total. The summed E-state index contributed by atoms with van der Waals surface area (Å²) in [6.45, 7) is 9.09. The molecule has 5 aromatic rings. The van der Waals surface area contributed by atoms with Crippen LogP contribution in [0.1, 0.15) is 48.9 Å². The smallest absolute Gasteiger partial charge is 0.138 e. The maximum absolute atomic E-state index is 5.29. The molecule has 180 valence electrons. The molecule has 1 aromatic heterocycles. The van der Waals surface area contributed by atoms with Crippen molar-refractivity contribution in [2.75, 3.05) is 13.1 Å². The molecule has 0 amide bonds. The van der Waals surface area contributed by atoms with E-state index in [1.165, 1.54) is 27.6 Å². The van der Waals surface area contributed by atoms with E-state index in [1.54, 1.807) is 0 Å². The number of rotatable bonds is 5. The molecule has 4 aromatic carbocycles. The Labute approximate surface area is 214 Å². The van der Waals surface area contributed by atoms with Gasteiger partial charge in [-0.25, -0.2) is 0 Å². The van der Waals surface area contributed by atoms with E-state index in [4.69, 9.17) is 5.10 Å². The maximum atomic E-state index is 5.29. The van der Waals surface area contributed by atoms with E-state index in [9.17, 15) is 0 Å². The standard InChI is InChI=1S/C33H33N3/c1-32(2,3)35-22-25(23-35)29-20-13-21-31-30(29)24-36(34-31)33(26-14-7-4-8-15-26,27-16-9-5-10-17-27)28-18-11-6-12-19-28/h4-21,24-25H,22-23H2,1-3H3. The van der Waals surface area contributed by atoms with Crippen LogP contribution in [0.15, 0.2) is 115 Å². The van der Waals surface area contributed by atoms with E-state index >= 15 is 0 Å². The number of hydrogen-bond donors (Lipinski definition) is 0. The third-order valence-electron chi connectivity index (χ3n) is 7.77. The Morgan fingerprint density at radius 2 is 1.14 bits per heavy atom. The van der Waals surface area contributed by atoms with Crippen LogP contribution in [0.5, 0.6) is 0 Å². The van der Waals surface area contributed by atoms with Gasteiger partial charge >= 0.3 is 0 Å². The van der Waals surface area contributed by atoms with Gasteiger partial charge in [-0.2, -0.15) is 5.10 Å². The molecule has 6 rings (SSSR count). The summed E-state index contributed by atoms with van der Waals surface area (Å²) in [5.41, 5.74) is 5.66. The minimum atomic E-state index is -0.586. The highest BCUT2D eigenvalue weighted by Gasteiger charge is 2.40. The number of benzene rings is 4. The zero-order chi connectivity index (χ0) is 24.8. The molecule has 1 aliphatic rings. The first-order chi connectivity index (χ1) is 17.5. The van der Waals surface area contributed by atoms with Crippen molar-refractivity contribution < 1.29 is 0 Å². The number of likely N-dealkylation sites (tertiary alicyclic amines) is 1. The molecule has 1 saturated heterocycles. The van der Waals surface area contributed by atoms with Gasteiger partial charge in [0, 0.05) is 36.1 Å². The quantitative estimate of drug-likeness (QED) is 0.256. The van der Waals surface area contributed by atoms with Crippen molar-refractivity contribution in [1.82, 2.24) is 14.7 Å². The van der Waals surface area contributed by atoms with Crippen molar-refractivity contribution in [2.24, 2.45) is 0 Å². The fourth-order valence-electron chi connectivity index (χ4n) is 5.75. The first-order valence-corrected chi connectivity index (χ1v) is 12.9. The molecule has 0 saturated carbocycles. The highest BCUT2D eigenvalue weighted by Crippen LogP contribution is 2.42. The highest BCUT2D eigenvalue weighted by atomic mass is 15.3. The summed E-state index contributed by atoms with van der Waals surface area (Å²) in [4.78, 5) is 2.56. The lowest BCUT2D eigenvalue weighted by Crippen LogP contribution is -2.54. The third-order valence-corrected chi connectivity index (χ3v) is 7.77. The lowest BCUT2D eigenvalue weighted by atomic mass is 9.77. The van der Waals surface area contributed by atoms with E-state index in [1.807, 2.05) is 0 Å². The molecule has 1 aliphatic heterocycles. The van der Waals surface area contributed by atoms with Gasteiger partial charge in [0.2, 0.25) is 0 Å². The Morgan fingerprint density at radius 3 is 1.61 bits per heavy atom. The van der Waals surface area contributed by atoms with Crippen LogP contribution in [-0.4, -0.2) is 33.3 Å². The predicted molar refractivity (Wildman–Crippen MR) is 148 cm³/mol. The first-order valence-electron chi connectivity index (χ1n) is 12.9. The van der Waals surface area contributed by atoms with Gasteiger partial charge in [0.15, 0.2) is 0 Å². The van der Waals surface area contributed by atoms with Crippen LogP contribution in [0, 0.1) is 0 Å². The summed E-state index contributed by atoms with van der Waals surface area (Å²) >= 11 is 0. The van der Waals surface area contributed by atoms with E-state index in [-0.39, 0.29) is 5.54 Å². The second kappa shape index (κ2) is 8.76.